The molecule has 0 bridgehead atoms. The van der Waals surface area contributed by atoms with Gasteiger partial charge >= 0.3 is 0 Å². The molecular formula is C19H23ClN2O4S. The number of ether oxygens (including phenoxy) is 1. The van der Waals surface area contributed by atoms with Crippen LogP contribution in [0.5, 0.6) is 5.75 Å². The molecule has 0 aliphatic heterocycles. The van der Waals surface area contributed by atoms with Gasteiger partial charge in [-0.15, -0.1) is 0 Å². The highest BCUT2D eigenvalue weighted by Crippen LogP contribution is 2.33. The Bertz CT molecular complexity index is 960. The summed E-state index contributed by atoms with van der Waals surface area (Å²) in [6.45, 7) is 5.14. The van der Waals surface area contributed by atoms with E-state index in [4.69, 9.17) is 16.3 Å². The minimum absolute atomic E-state index is 0.311. The topological polar surface area (TPSA) is 75.7 Å². The molecule has 0 aliphatic carbocycles. The molecule has 0 spiro atoms. The van der Waals surface area contributed by atoms with Crippen LogP contribution in [0.2, 0.25) is 5.02 Å². The normalized spacial score (nSPS) is 12.4. The van der Waals surface area contributed by atoms with Gasteiger partial charge in [0.15, 0.2) is 0 Å². The Morgan fingerprint density at radius 1 is 1.22 bits per heavy atom. The van der Waals surface area contributed by atoms with Crippen molar-refractivity contribution < 1.29 is 17.9 Å². The molecule has 1 N–H and O–H groups in total. The van der Waals surface area contributed by atoms with Crippen LogP contribution in [0.3, 0.4) is 0 Å². The molecule has 0 radical (unpaired) electrons. The summed E-state index contributed by atoms with van der Waals surface area (Å²) < 4.78 is 31.4. The fourth-order valence-corrected chi connectivity index (χ4v) is 4.08. The van der Waals surface area contributed by atoms with Crippen LogP contribution in [-0.4, -0.2) is 33.7 Å². The molecule has 146 valence electrons. The van der Waals surface area contributed by atoms with E-state index in [0.717, 1.165) is 16.1 Å². The van der Waals surface area contributed by atoms with E-state index in [9.17, 15) is 13.2 Å². The Morgan fingerprint density at radius 3 is 2.48 bits per heavy atom. The van der Waals surface area contributed by atoms with Crippen LogP contribution < -0.4 is 14.4 Å². The first kappa shape index (κ1) is 21.1. The molecule has 0 aromatic heterocycles. The van der Waals surface area contributed by atoms with Gasteiger partial charge in [0.2, 0.25) is 15.9 Å². The number of hydrogen-bond donors (Lipinski definition) is 1. The largest absolute Gasteiger partial charge is 0.495 e. The average Bonchev–Trinajstić information content (AvgIpc) is 2.58. The Morgan fingerprint density at radius 2 is 1.89 bits per heavy atom. The van der Waals surface area contributed by atoms with E-state index in [-0.39, 0.29) is 0 Å². The van der Waals surface area contributed by atoms with E-state index in [2.05, 4.69) is 5.32 Å². The van der Waals surface area contributed by atoms with E-state index in [1.165, 1.54) is 14.0 Å². The summed E-state index contributed by atoms with van der Waals surface area (Å²) in [6, 6.07) is 9.30. The van der Waals surface area contributed by atoms with Crippen LogP contribution in [0.25, 0.3) is 0 Å². The maximum Gasteiger partial charge on any atom is 0.248 e. The van der Waals surface area contributed by atoms with E-state index in [0.29, 0.717) is 27.7 Å². The van der Waals surface area contributed by atoms with Crippen LogP contribution in [0.15, 0.2) is 36.4 Å². The number of benzene rings is 2. The summed E-state index contributed by atoms with van der Waals surface area (Å²) in [6.07, 6.45) is 1.06. The van der Waals surface area contributed by atoms with Gasteiger partial charge in [-0.2, -0.15) is 0 Å². The van der Waals surface area contributed by atoms with Gasteiger partial charge in [0.25, 0.3) is 0 Å². The van der Waals surface area contributed by atoms with Gasteiger partial charge in [-0.3, -0.25) is 9.10 Å². The fourth-order valence-electron chi connectivity index (χ4n) is 2.73. The number of hydrogen-bond acceptors (Lipinski definition) is 4. The van der Waals surface area contributed by atoms with Crippen molar-refractivity contribution in [2.24, 2.45) is 0 Å². The zero-order valence-electron chi connectivity index (χ0n) is 15.9. The lowest BCUT2D eigenvalue weighted by Gasteiger charge is -2.29. The third-order valence-corrected chi connectivity index (χ3v) is 5.82. The number of carbonyl (C=O) groups is 1. The number of nitrogens with zero attached hydrogens (tertiary/aromatic N) is 1. The van der Waals surface area contributed by atoms with Gasteiger partial charge in [0.05, 0.1) is 19.1 Å². The number of amides is 1. The SMILES string of the molecule is COc1ccc(C)cc1N([C@H](C)C(=O)Nc1cccc(Cl)c1C)S(C)(=O)=O. The van der Waals surface area contributed by atoms with E-state index in [1.54, 1.807) is 37.3 Å². The maximum absolute atomic E-state index is 12.8. The molecule has 2 rings (SSSR count). The summed E-state index contributed by atoms with van der Waals surface area (Å²) in [4.78, 5) is 12.8. The zero-order valence-corrected chi connectivity index (χ0v) is 17.5. The zero-order chi connectivity index (χ0) is 20.4. The highest BCUT2D eigenvalue weighted by Gasteiger charge is 2.31. The second-order valence-electron chi connectivity index (χ2n) is 6.31. The molecule has 2 aromatic rings. The lowest BCUT2D eigenvalue weighted by atomic mass is 10.1. The molecule has 2 aromatic carbocycles. The van der Waals surface area contributed by atoms with E-state index in [1.807, 2.05) is 13.0 Å². The highest BCUT2D eigenvalue weighted by molar-refractivity contribution is 7.92. The van der Waals surface area contributed by atoms with Crippen molar-refractivity contribution in [3.8, 4) is 5.75 Å². The molecule has 8 heteroatoms. The Balaban J connectivity index is 2.44. The number of rotatable bonds is 6. The number of anilines is 2. The maximum atomic E-state index is 12.8. The second-order valence-corrected chi connectivity index (χ2v) is 8.58. The number of carbonyl (C=O) groups excluding carboxylic acids is 1. The fraction of sp³-hybridized carbons (Fsp3) is 0.316. The third-order valence-electron chi connectivity index (χ3n) is 4.19. The Kier molecular flexibility index (Phi) is 6.38. The second kappa shape index (κ2) is 8.19. The molecule has 0 aliphatic rings. The van der Waals surface area contributed by atoms with Crippen LogP contribution in [-0.2, 0) is 14.8 Å². The third kappa shape index (κ3) is 4.73. The lowest BCUT2D eigenvalue weighted by molar-refractivity contribution is -0.116. The summed E-state index contributed by atoms with van der Waals surface area (Å²) in [5.74, 6) is -0.112. The van der Waals surface area contributed by atoms with Crippen molar-refractivity contribution in [1.29, 1.82) is 0 Å². The molecule has 0 heterocycles. The van der Waals surface area contributed by atoms with Crippen LogP contribution in [0, 0.1) is 13.8 Å². The van der Waals surface area contributed by atoms with Crippen LogP contribution in [0.4, 0.5) is 11.4 Å². The first-order valence-corrected chi connectivity index (χ1v) is 10.5. The van der Waals surface area contributed by atoms with Crippen molar-refractivity contribution in [1.82, 2.24) is 0 Å². The van der Waals surface area contributed by atoms with Gasteiger partial charge in [-0.1, -0.05) is 23.7 Å². The summed E-state index contributed by atoms with van der Waals surface area (Å²) in [5.41, 5.74) is 2.39. The van der Waals surface area contributed by atoms with Crippen LogP contribution >= 0.6 is 11.6 Å². The van der Waals surface area contributed by atoms with Crippen molar-refractivity contribution >= 4 is 38.9 Å². The standard InChI is InChI=1S/C19H23ClN2O4S/c1-12-9-10-18(26-4)17(11-12)22(27(5,24)25)14(3)19(23)21-16-8-6-7-15(20)13(16)2/h6-11,14H,1-5H3,(H,21,23)/t14-/m1/s1. The predicted molar refractivity (Wildman–Crippen MR) is 109 cm³/mol. The molecular weight excluding hydrogens is 388 g/mol. The van der Waals surface area contributed by atoms with Crippen molar-refractivity contribution in [3.63, 3.8) is 0 Å². The van der Waals surface area contributed by atoms with Crippen LogP contribution in [0.1, 0.15) is 18.1 Å². The van der Waals surface area contributed by atoms with Crippen molar-refractivity contribution in [3.05, 3.63) is 52.5 Å². The molecule has 0 saturated carbocycles. The summed E-state index contributed by atoms with van der Waals surface area (Å²) in [5, 5.41) is 3.27. The molecule has 6 nitrogen and oxygen atoms in total. The minimum atomic E-state index is -3.76. The predicted octanol–water partition coefficient (Wildman–Crippen LogP) is 3.76. The number of halogens is 1. The number of nitrogens with one attached hydrogen (secondary N) is 1. The van der Waals surface area contributed by atoms with Gasteiger partial charge in [-0.05, 0) is 56.2 Å². The van der Waals surface area contributed by atoms with Gasteiger partial charge in [-0.25, -0.2) is 8.42 Å². The Labute approximate surface area is 165 Å². The van der Waals surface area contributed by atoms with Crippen molar-refractivity contribution in [2.45, 2.75) is 26.8 Å². The molecule has 0 unspecified atom stereocenters. The first-order chi connectivity index (χ1) is 12.6. The molecule has 1 atom stereocenters. The average molecular weight is 411 g/mol. The number of aryl methyl sites for hydroxylation is 1. The highest BCUT2D eigenvalue weighted by atomic mass is 35.5. The summed E-state index contributed by atoms with van der Waals surface area (Å²) in [7, 11) is -2.30. The first-order valence-electron chi connectivity index (χ1n) is 8.26. The molecule has 27 heavy (non-hydrogen) atoms. The minimum Gasteiger partial charge on any atom is -0.495 e. The molecule has 1 amide bonds. The Hall–Kier alpha value is -2.25. The smallest absolute Gasteiger partial charge is 0.248 e. The van der Waals surface area contributed by atoms with E-state index < -0.39 is 22.0 Å². The van der Waals surface area contributed by atoms with Crippen molar-refractivity contribution in [2.75, 3.05) is 23.0 Å². The van der Waals surface area contributed by atoms with Gasteiger partial charge in [0, 0.05) is 10.7 Å². The monoisotopic (exact) mass is 410 g/mol. The molecule has 0 saturated heterocycles. The number of methoxy groups -OCH3 is 1. The van der Waals surface area contributed by atoms with E-state index >= 15 is 0 Å². The lowest BCUT2D eigenvalue weighted by Crippen LogP contribution is -2.45. The number of sulfonamides is 1. The quantitative estimate of drug-likeness (QED) is 0.786. The summed E-state index contributed by atoms with van der Waals surface area (Å²) >= 11 is 6.09. The van der Waals surface area contributed by atoms with Gasteiger partial charge in [0.1, 0.15) is 11.8 Å². The van der Waals surface area contributed by atoms with Gasteiger partial charge < -0.3 is 10.1 Å². The molecule has 0 fully saturated rings.